The fraction of sp³-hybridized carbons (Fsp3) is 0.0833. The fourth-order valence-electron chi connectivity index (χ4n) is 1.83. The van der Waals surface area contributed by atoms with Crippen LogP contribution in [-0.4, -0.2) is 20.6 Å². The van der Waals surface area contributed by atoms with Gasteiger partial charge in [0.25, 0.3) is 5.69 Å². The van der Waals surface area contributed by atoms with E-state index in [1.807, 2.05) is 0 Å². The molecule has 0 aliphatic carbocycles. The van der Waals surface area contributed by atoms with E-state index in [4.69, 9.17) is 5.11 Å². The molecule has 1 aromatic carbocycles. The number of aromatic nitrogens is 1. The zero-order valence-corrected chi connectivity index (χ0v) is 11.4. The van der Waals surface area contributed by atoms with Gasteiger partial charge in [-0.25, -0.2) is 4.79 Å². The minimum atomic E-state index is -1.04. The molecular formula is C12H9BrN2O4. The van der Waals surface area contributed by atoms with E-state index in [2.05, 4.69) is 15.9 Å². The lowest BCUT2D eigenvalue weighted by molar-refractivity contribution is -0.385. The maximum Gasteiger partial charge on any atom is 0.352 e. The van der Waals surface area contributed by atoms with Crippen molar-refractivity contribution in [3.05, 3.63) is 50.6 Å². The molecule has 0 saturated heterocycles. The van der Waals surface area contributed by atoms with Gasteiger partial charge in [-0.3, -0.25) is 10.1 Å². The fourth-order valence-corrected chi connectivity index (χ4v) is 2.22. The predicted octanol–water partition coefficient (Wildman–Crippen LogP) is 3.06. The molecule has 0 radical (unpaired) electrons. The van der Waals surface area contributed by atoms with Crippen molar-refractivity contribution in [1.29, 1.82) is 0 Å². The topological polar surface area (TPSA) is 85.4 Å². The smallest absolute Gasteiger partial charge is 0.352 e. The van der Waals surface area contributed by atoms with Crippen molar-refractivity contribution in [2.45, 2.75) is 0 Å². The van der Waals surface area contributed by atoms with Gasteiger partial charge in [-0.15, -0.1) is 0 Å². The minimum absolute atomic E-state index is 0.0597. The van der Waals surface area contributed by atoms with Gasteiger partial charge in [0.05, 0.1) is 9.40 Å². The van der Waals surface area contributed by atoms with E-state index in [0.717, 1.165) is 0 Å². The number of carbonyl (C=O) groups is 1. The van der Waals surface area contributed by atoms with E-state index < -0.39 is 10.9 Å². The number of hydrogen-bond donors (Lipinski definition) is 1. The Kier molecular flexibility index (Phi) is 3.39. The zero-order chi connectivity index (χ0) is 14.2. The molecule has 0 amide bonds. The van der Waals surface area contributed by atoms with Gasteiger partial charge in [-0.05, 0) is 34.1 Å². The van der Waals surface area contributed by atoms with Crippen LogP contribution in [0.5, 0.6) is 0 Å². The van der Waals surface area contributed by atoms with Crippen molar-refractivity contribution in [3.63, 3.8) is 0 Å². The molecule has 19 heavy (non-hydrogen) atoms. The van der Waals surface area contributed by atoms with Gasteiger partial charge in [0.1, 0.15) is 5.69 Å². The van der Waals surface area contributed by atoms with Crippen LogP contribution in [0, 0.1) is 10.1 Å². The first-order valence-electron chi connectivity index (χ1n) is 5.25. The SMILES string of the molecule is Cn1c(C(=O)O)ccc1-c1ccc(Br)c([N+](=O)[O-])c1. The molecule has 0 aliphatic heterocycles. The Morgan fingerprint density at radius 2 is 2.05 bits per heavy atom. The quantitative estimate of drug-likeness (QED) is 0.694. The molecule has 1 aromatic heterocycles. The Balaban J connectivity index is 2.57. The Morgan fingerprint density at radius 1 is 1.37 bits per heavy atom. The normalized spacial score (nSPS) is 10.4. The highest BCUT2D eigenvalue weighted by Crippen LogP contribution is 2.31. The Labute approximate surface area is 116 Å². The Hall–Kier alpha value is -2.15. The molecule has 98 valence electrons. The summed E-state index contributed by atoms with van der Waals surface area (Å²) in [5.74, 6) is -1.04. The average Bonchev–Trinajstić information content (AvgIpc) is 2.71. The van der Waals surface area contributed by atoms with Gasteiger partial charge in [0, 0.05) is 24.4 Å². The molecule has 0 spiro atoms. The molecule has 7 heteroatoms. The summed E-state index contributed by atoms with van der Waals surface area (Å²) in [5.41, 5.74) is 1.26. The van der Waals surface area contributed by atoms with Gasteiger partial charge in [-0.1, -0.05) is 6.07 Å². The molecule has 0 unspecified atom stereocenters. The third kappa shape index (κ3) is 2.37. The van der Waals surface area contributed by atoms with Gasteiger partial charge >= 0.3 is 5.97 Å². The number of halogens is 1. The molecule has 0 aliphatic rings. The van der Waals surface area contributed by atoms with Crippen LogP contribution in [0.3, 0.4) is 0 Å². The average molecular weight is 325 g/mol. The first kappa shape index (κ1) is 13.3. The van der Waals surface area contributed by atoms with Crippen molar-refractivity contribution in [2.24, 2.45) is 7.05 Å². The predicted molar refractivity (Wildman–Crippen MR) is 72.2 cm³/mol. The number of rotatable bonds is 3. The molecule has 0 bridgehead atoms. The molecule has 6 nitrogen and oxygen atoms in total. The number of nitro benzene ring substituents is 1. The molecule has 0 saturated carbocycles. The van der Waals surface area contributed by atoms with Crippen LogP contribution in [0.2, 0.25) is 0 Å². The monoisotopic (exact) mass is 324 g/mol. The van der Waals surface area contributed by atoms with Crippen molar-refractivity contribution >= 4 is 27.6 Å². The number of nitro groups is 1. The Bertz CT molecular complexity index is 678. The second kappa shape index (κ2) is 4.85. The lowest BCUT2D eigenvalue weighted by atomic mass is 10.1. The number of carboxylic acids is 1. The summed E-state index contributed by atoms with van der Waals surface area (Å²) in [6.07, 6.45) is 0. The van der Waals surface area contributed by atoms with Gasteiger partial charge < -0.3 is 9.67 Å². The van der Waals surface area contributed by atoms with Crippen LogP contribution in [0.15, 0.2) is 34.8 Å². The minimum Gasteiger partial charge on any atom is -0.477 e. The molecule has 0 atom stereocenters. The van der Waals surface area contributed by atoms with Crippen molar-refractivity contribution in [1.82, 2.24) is 4.57 Å². The van der Waals surface area contributed by atoms with Crippen LogP contribution < -0.4 is 0 Å². The van der Waals surface area contributed by atoms with E-state index in [9.17, 15) is 14.9 Å². The van der Waals surface area contributed by atoms with Crippen molar-refractivity contribution in [2.75, 3.05) is 0 Å². The number of hydrogen-bond acceptors (Lipinski definition) is 3. The van der Waals surface area contributed by atoms with Crippen LogP contribution in [0.1, 0.15) is 10.5 Å². The summed E-state index contributed by atoms with van der Waals surface area (Å²) < 4.78 is 1.86. The lowest BCUT2D eigenvalue weighted by Gasteiger charge is -2.06. The van der Waals surface area contributed by atoms with E-state index in [1.165, 1.54) is 16.7 Å². The zero-order valence-electron chi connectivity index (χ0n) is 9.83. The number of carboxylic acid groups (broad SMARTS) is 1. The summed E-state index contributed by atoms with van der Waals surface area (Å²) >= 11 is 3.11. The number of benzene rings is 1. The Morgan fingerprint density at radius 3 is 2.58 bits per heavy atom. The van der Waals surface area contributed by atoms with Crippen LogP contribution in [-0.2, 0) is 7.05 Å². The van der Waals surface area contributed by atoms with Gasteiger partial charge in [0.2, 0.25) is 0 Å². The van der Waals surface area contributed by atoms with Gasteiger partial charge in [0.15, 0.2) is 0 Å². The van der Waals surface area contributed by atoms with Crippen molar-refractivity contribution < 1.29 is 14.8 Å². The third-order valence-electron chi connectivity index (χ3n) is 2.78. The summed E-state index contributed by atoms with van der Waals surface area (Å²) in [6, 6.07) is 7.76. The van der Waals surface area contributed by atoms with Crippen LogP contribution >= 0.6 is 15.9 Å². The second-order valence-electron chi connectivity index (χ2n) is 3.89. The summed E-state index contributed by atoms with van der Waals surface area (Å²) in [5, 5.41) is 19.9. The van der Waals surface area contributed by atoms with E-state index in [0.29, 0.717) is 15.7 Å². The highest BCUT2D eigenvalue weighted by atomic mass is 79.9. The molecule has 2 rings (SSSR count). The van der Waals surface area contributed by atoms with E-state index >= 15 is 0 Å². The molecule has 1 heterocycles. The van der Waals surface area contributed by atoms with Gasteiger partial charge in [-0.2, -0.15) is 0 Å². The largest absolute Gasteiger partial charge is 0.477 e. The first-order chi connectivity index (χ1) is 8.91. The molecule has 0 fully saturated rings. The summed E-state index contributed by atoms with van der Waals surface area (Å²) in [4.78, 5) is 21.3. The van der Waals surface area contributed by atoms with Crippen LogP contribution in [0.25, 0.3) is 11.3 Å². The number of nitrogens with zero attached hydrogens (tertiary/aromatic N) is 2. The summed E-state index contributed by atoms with van der Waals surface area (Å²) in [7, 11) is 1.60. The van der Waals surface area contributed by atoms with E-state index in [-0.39, 0.29) is 11.4 Å². The third-order valence-corrected chi connectivity index (χ3v) is 3.45. The summed E-state index contributed by atoms with van der Waals surface area (Å²) in [6.45, 7) is 0. The highest BCUT2D eigenvalue weighted by molar-refractivity contribution is 9.10. The lowest BCUT2D eigenvalue weighted by Crippen LogP contribution is -2.05. The second-order valence-corrected chi connectivity index (χ2v) is 4.75. The van der Waals surface area contributed by atoms with Crippen LogP contribution in [0.4, 0.5) is 5.69 Å². The molecule has 2 aromatic rings. The highest BCUT2D eigenvalue weighted by Gasteiger charge is 2.16. The maximum atomic E-state index is 11.0. The van der Waals surface area contributed by atoms with Crippen molar-refractivity contribution in [3.8, 4) is 11.3 Å². The molecular weight excluding hydrogens is 316 g/mol. The molecule has 1 N–H and O–H groups in total. The standard InChI is InChI=1S/C12H9BrN2O4/c1-14-9(4-5-10(14)12(16)17)7-2-3-8(13)11(6-7)15(18)19/h2-6H,1H3,(H,16,17). The maximum absolute atomic E-state index is 11.0. The van der Waals surface area contributed by atoms with E-state index in [1.54, 1.807) is 25.2 Å². The number of aromatic carboxylic acids is 1. The first-order valence-corrected chi connectivity index (χ1v) is 6.04.